The van der Waals surface area contributed by atoms with Gasteiger partial charge in [0.1, 0.15) is 0 Å². The first-order valence-electron chi connectivity index (χ1n) is 1.19. The predicted molar refractivity (Wildman–Crippen MR) is 23.0 cm³/mol. The summed E-state index contributed by atoms with van der Waals surface area (Å²) >= 11 is -0.208. The van der Waals surface area contributed by atoms with Gasteiger partial charge < -0.3 is 0 Å². The second-order valence-corrected chi connectivity index (χ2v) is 1.92. The van der Waals surface area contributed by atoms with Gasteiger partial charge in [-0.05, 0) is 0 Å². The molecule has 0 rings (SSSR count). The Hall–Kier alpha value is 0.268. The number of hydrogen-bond donors (Lipinski definition) is 2. The van der Waals surface area contributed by atoms with Crippen LogP contribution in [-0.4, -0.2) is 21.8 Å². The normalized spacial score (nSPS) is 9.43. The Morgan fingerprint density at radius 3 is 1.14 bits per heavy atom. The van der Waals surface area contributed by atoms with E-state index in [9.17, 15) is 13.2 Å². The van der Waals surface area contributed by atoms with Crippen molar-refractivity contribution in [2.24, 2.45) is 11.7 Å². The van der Waals surface area contributed by atoms with Crippen LogP contribution in [0.15, 0.2) is 0 Å². The maximum atomic E-state index is 10.4. The number of alkyl halides is 3. The molecule has 46 valence electrons. The molecule has 0 aliphatic heterocycles. The van der Waals surface area contributed by atoms with Gasteiger partial charge in [-0.25, -0.2) is 0 Å². The maximum Gasteiger partial charge on any atom is -0.274 e. The first kappa shape index (κ1) is 10.3. The molecule has 2 nitrogen and oxygen atoms in total. The van der Waals surface area contributed by atoms with Gasteiger partial charge in [-0.2, -0.15) is 0 Å². The third-order valence-electron chi connectivity index (χ3n) is 0. The topological polar surface area (TPSA) is 52.0 Å². The van der Waals surface area contributed by atoms with Gasteiger partial charge in [-0.3, -0.25) is 11.7 Å². The molecule has 4 N–H and O–H groups in total. The van der Waals surface area contributed by atoms with E-state index in [0.717, 1.165) is 0 Å². The van der Waals surface area contributed by atoms with Crippen LogP contribution < -0.4 is 11.7 Å². The van der Waals surface area contributed by atoms with Gasteiger partial charge in [-0.1, -0.05) is 0 Å². The summed E-state index contributed by atoms with van der Waals surface area (Å²) in [6.07, 6.45) is 0. The second-order valence-electron chi connectivity index (χ2n) is 0.542. The Morgan fingerprint density at radius 1 is 1.14 bits per heavy atom. The average molecular weight is 178 g/mol. The molecule has 0 spiro atoms. The van der Waals surface area contributed by atoms with Crippen LogP contribution in [-0.2, 0) is 0 Å². The molecule has 0 saturated carbocycles. The first-order valence-corrected chi connectivity index (χ1v) is 2.40. The van der Waals surface area contributed by atoms with Crippen molar-refractivity contribution in [1.82, 2.24) is 0 Å². The Morgan fingerprint density at radius 2 is 1.14 bits per heavy atom. The van der Waals surface area contributed by atoms with Crippen molar-refractivity contribution in [3.05, 3.63) is 0 Å². The van der Waals surface area contributed by atoms with Gasteiger partial charge in [0.05, 0.1) is 0 Å². The number of hydrazine groups is 1. The smallest absolute Gasteiger partial charge is 0.274 e. The maximum absolute atomic E-state index is 10.4. The van der Waals surface area contributed by atoms with Crippen LogP contribution in [0.5, 0.6) is 0 Å². The Bertz CT molecular complexity index is 28.4. The van der Waals surface area contributed by atoms with Crippen LogP contribution in [0.2, 0.25) is 0 Å². The molecule has 0 heterocycles. The van der Waals surface area contributed by atoms with E-state index < -0.39 is 4.96 Å². The zero-order valence-electron chi connectivity index (χ0n) is 3.37. The van der Waals surface area contributed by atoms with Crippen LogP contribution >= 0.6 is 0 Å². The van der Waals surface area contributed by atoms with Crippen molar-refractivity contribution in [1.29, 1.82) is 0 Å². The number of rotatable bonds is 0. The van der Waals surface area contributed by atoms with E-state index in [1.165, 1.54) is 0 Å². The molecule has 0 aromatic heterocycles. The zero-order chi connectivity index (χ0) is 6.50. The molecule has 1 atom stereocenters. The predicted octanol–water partition coefficient (Wildman–Crippen LogP) is -1.04. The fraction of sp³-hybridized carbons (Fsp3) is 1.00. The van der Waals surface area contributed by atoms with Gasteiger partial charge in [0, 0.05) is 0 Å². The Labute approximate surface area is 47.5 Å². The molecule has 0 amide bonds. The van der Waals surface area contributed by atoms with E-state index in [-0.39, 0.29) is 16.9 Å². The summed E-state index contributed by atoms with van der Waals surface area (Å²) in [5.41, 5.74) is 0. The van der Waals surface area contributed by atoms with Crippen molar-refractivity contribution in [2.45, 2.75) is 4.96 Å². The van der Waals surface area contributed by atoms with E-state index >= 15 is 0 Å². The van der Waals surface area contributed by atoms with Crippen molar-refractivity contribution in [3.8, 4) is 0 Å². The SMILES string of the molecule is FC(F)(F)[AsH2].NN. The number of hydrogen-bond acceptors (Lipinski definition) is 2. The van der Waals surface area contributed by atoms with Crippen molar-refractivity contribution < 1.29 is 13.2 Å². The summed E-state index contributed by atoms with van der Waals surface area (Å²) in [4.78, 5) is -3.94. The fourth-order valence-corrected chi connectivity index (χ4v) is 0. The van der Waals surface area contributed by atoms with Gasteiger partial charge in [0.2, 0.25) is 0 Å². The molecule has 7 heavy (non-hydrogen) atoms. The standard InChI is InChI=1S/CH2AsF3.H4N2/c2-1(3,4)5;1-2/h2H2;1-2H2. The fourth-order valence-electron chi connectivity index (χ4n) is 0. The molecule has 0 aromatic carbocycles. The molecule has 0 saturated heterocycles. The minimum Gasteiger partial charge on any atom is -0.274 e. The van der Waals surface area contributed by atoms with E-state index in [2.05, 4.69) is 11.7 Å². The second kappa shape index (κ2) is 4.43. The van der Waals surface area contributed by atoms with Crippen molar-refractivity contribution >= 4 is 16.9 Å². The van der Waals surface area contributed by atoms with E-state index in [1.54, 1.807) is 0 Å². The Balaban J connectivity index is 0. The quantitative estimate of drug-likeness (QED) is 0.282. The molecule has 0 fully saturated rings. The van der Waals surface area contributed by atoms with Gasteiger partial charge in [-0.15, -0.1) is 0 Å². The van der Waals surface area contributed by atoms with E-state index in [4.69, 9.17) is 0 Å². The monoisotopic (exact) mass is 178 g/mol. The minimum atomic E-state index is -3.94. The molecule has 0 aliphatic carbocycles. The van der Waals surface area contributed by atoms with Crippen molar-refractivity contribution in [2.75, 3.05) is 0 Å². The molecule has 0 aromatic rings. The molecular formula is CH6AsF3N2. The summed E-state index contributed by atoms with van der Waals surface area (Å²) in [5, 5.41) is 0. The van der Waals surface area contributed by atoms with E-state index in [1.807, 2.05) is 0 Å². The summed E-state index contributed by atoms with van der Waals surface area (Å²) in [6, 6.07) is 0. The third kappa shape index (κ3) is 1580. The molecule has 0 aliphatic rings. The molecular weight excluding hydrogens is 172 g/mol. The van der Waals surface area contributed by atoms with Gasteiger partial charge in [0.15, 0.2) is 0 Å². The van der Waals surface area contributed by atoms with Crippen LogP contribution in [0, 0.1) is 0 Å². The van der Waals surface area contributed by atoms with E-state index in [0.29, 0.717) is 0 Å². The number of nitrogens with two attached hydrogens (primary N) is 2. The van der Waals surface area contributed by atoms with Crippen molar-refractivity contribution in [3.63, 3.8) is 0 Å². The van der Waals surface area contributed by atoms with Crippen LogP contribution in [0.1, 0.15) is 0 Å². The summed E-state index contributed by atoms with van der Waals surface area (Å²) in [7, 11) is 0. The zero-order valence-corrected chi connectivity index (χ0v) is 5.79. The van der Waals surface area contributed by atoms with Crippen LogP contribution in [0.25, 0.3) is 0 Å². The van der Waals surface area contributed by atoms with Crippen LogP contribution in [0.3, 0.4) is 0 Å². The third-order valence-corrected chi connectivity index (χ3v) is 0. The first-order chi connectivity index (χ1) is 3.00. The Kier molecular flexibility index (Phi) is 6.51. The minimum absolute atomic E-state index is 0.208. The largest absolute Gasteiger partial charge is 0.274 e. The van der Waals surface area contributed by atoms with Crippen LogP contribution in [0.4, 0.5) is 13.2 Å². The molecule has 0 radical (unpaired) electrons. The average Bonchev–Trinajstić information content (AvgIpc) is 1.36. The molecule has 1 unspecified atom stereocenters. The molecule has 0 bridgehead atoms. The van der Waals surface area contributed by atoms with Gasteiger partial charge >= 0.3 is 35.0 Å². The summed E-state index contributed by atoms with van der Waals surface area (Å²) in [5.74, 6) is 8.00. The van der Waals surface area contributed by atoms with Gasteiger partial charge in [0.25, 0.3) is 0 Å². The molecule has 6 heteroatoms. The number of halogens is 3. The summed E-state index contributed by atoms with van der Waals surface area (Å²) < 4.78 is 31.1. The summed E-state index contributed by atoms with van der Waals surface area (Å²) in [6.45, 7) is 0.